The minimum atomic E-state index is -0.307. The maximum Gasteiger partial charge on any atom is 0.270 e. The number of pyridine rings is 2. The number of hydrogen-bond acceptors (Lipinski definition) is 6. The van der Waals surface area contributed by atoms with Gasteiger partial charge in [0, 0.05) is 37.0 Å². The molecule has 0 saturated heterocycles. The predicted molar refractivity (Wildman–Crippen MR) is 133 cm³/mol. The highest BCUT2D eigenvalue weighted by Crippen LogP contribution is 2.57. The van der Waals surface area contributed by atoms with Gasteiger partial charge in [-0.3, -0.25) is 9.59 Å². The second kappa shape index (κ2) is 9.57. The van der Waals surface area contributed by atoms with Gasteiger partial charge in [0.25, 0.3) is 11.8 Å². The molecule has 0 radical (unpaired) electrons. The average molecular weight is 478 g/mol. The summed E-state index contributed by atoms with van der Waals surface area (Å²) in [5.74, 6) is 1.43. The molecule has 4 saturated carbocycles. The molecule has 2 atom stereocenters. The van der Waals surface area contributed by atoms with Crippen molar-refractivity contribution in [2.75, 3.05) is 25.6 Å². The lowest BCUT2D eigenvalue weighted by Gasteiger charge is -2.62. The Morgan fingerprint density at radius 3 is 2.14 bits per heavy atom. The molecule has 2 aromatic rings. The molecule has 0 aliphatic heterocycles. The van der Waals surface area contributed by atoms with E-state index in [0.717, 1.165) is 50.8 Å². The van der Waals surface area contributed by atoms with Gasteiger partial charge >= 0.3 is 0 Å². The minimum absolute atomic E-state index is 0.119. The Labute approximate surface area is 206 Å². The van der Waals surface area contributed by atoms with Crippen molar-refractivity contribution in [3.05, 3.63) is 53.5 Å². The zero-order valence-electron chi connectivity index (χ0n) is 20.6. The van der Waals surface area contributed by atoms with Crippen molar-refractivity contribution in [2.45, 2.75) is 62.9 Å². The standard InChI is InChI=1S/C27H35N5O3/c1-18-6-3-7-21(29-18)24(33)31-26-13-19-12-20(14-26)16-27(15-19,17-26)32-25(34)22-8-4-9-23(30-22)28-10-5-11-35-2/h3-4,6-9,19-20H,5,10-17H2,1-2H3,(H,28,30)(H,31,33)(H,32,34). The number of nitrogens with one attached hydrogen (secondary N) is 3. The Kier molecular flexibility index (Phi) is 6.49. The van der Waals surface area contributed by atoms with E-state index >= 15 is 0 Å². The highest BCUT2D eigenvalue weighted by Gasteiger charge is 2.58. The number of anilines is 1. The molecule has 3 N–H and O–H groups in total. The number of nitrogens with zero attached hydrogens (tertiary/aromatic N) is 2. The highest BCUT2D eigenvalue weighted by atomic mass is 16.5. The summed E-state index contributed by atoms with van der Waals surface area (Å²) in [6.07, 6.45) is 6.67. The minimum Gasteiger partial charge on any atom is -0.385 e. The number of carbonyl (C=O) groups is 2. The van der Waals surface area contributed by atoms with Crippen LogP contribution in [0.2, 0.25) is 0 Å². The molecular formula is C27H35N5O3. The summed E-state index contributed by atoms with van der Waals surface area (Å²) in [6, 6.07) is 11.0. The molecule has 4 fully saturated rings. The highest BCUT2D eigenvalue weighted by molar-refractivity contribution is 5.94. The summed E-state index contributed by atoms with van der Waals surface area (Å²) in [5, 5.41) is 9.99. The molecule has 2 heterocycles. The van der Waals surface area contributed by atoms with Gasteiger partial charge in [-0.1, -0.05) is 12.1 Å². The summed E-state index contributed by atoms with van der Waals surface area (Å²) in [7, 11) is 1.68. The van der Waals surface area contributed by atoms with E-state index in [1.807, 2.05) is 31.2 Å². The number of rotatable bonds is 9. The van der Waals surface area contributed by atoms with Crippen molar-refractivity contribution in [2.24, 2.45) is 11.8 Å². The lowest BCUT2D eigenvalue weighted by atomic mass is 9.49. The third-order valence-electron chi connectivity index (χ3n) is 7.75. The molecule has 35 heavy (non-hydrogen) atoms. The van der Waals surface area contributed by atoms with E-state index in [4.69, 9.17) is 4.74 Å². The Balaban J connectivity index is 1.29. The van der Waals surface area contributed by atoms with Crippen molar-refractivity contribution in [1.82, 2.24) is 20.6 Å². The molecule has 186 valence electrons. The smallest absolute Gasteiger partial charge is 0.270 e. The van der Waals surface area contributed by atoms with Gasteiger partial charge in [0.2, 0.25) is 0 Å². The number of carbonyl (C=O) groups excluding carboxylic acids is 2. The molecular weight excluding hydrogens is 442 g/mol. The van der Waals surface area contributed by atoms with E-state index in [-0.39, 0.29) is 22.9 Å². The van der Waals surface area contributed by atoms with Gasteiger partial charge in [-0.2, -0.15) is 0 Å². The predicted octanol–water partition coefficient (Wildman–Crippen LogP) is 3.48. The fraction of sp³-hybridized carbons (Fsp3) is 0.556. The quantitative estimate of drug-likeness (QED) is 0.478. The number of ether oxygens (including phenoxy) is 1. The summed E-state index contributed by atoms with van der Waals surface area (Å²) in [5.41, 5.74) is 1.10. The molecule has 4 bridgehead atoms. The fourth-order valence-corrected chi connectivity index (χ4v) is 6.93. The van der Waals surface area contributed by atoms with Crippen LogP contribution in [0.3, 0.4) is 0 Å². The number of amides is 2. The van der Waals surface area contributed by atoms with Gasteiger partial charge in [0.05, 0.1) is 0 Å². The second-order valence-electron chi connectivity index (χ2n) is 10.8. The van der Waals surface area contributed by atoms with Gasteiger partial charge in [-0.15, -0.1) is 0 Å². The maximum atomic E-state index is 13.3. The molecule has 4 aliphatic rings. The van der Waals surface area contributed by atoms with Crippen LogP contribution in [0.4, 0.5) is 5.82 Å². The molecule has 0 aromatic carbocycles. The van der Waals surface area contributed by atoms with Gasteiger partial charge in [0.1, 0.15) is 17.2 Å². The van der Waals surface area contributed by atoms with E-state index in [9.17, 15) is 9.59 Å². The fourth-order valence-electron chi connectivity index (χ4n) is 6.93. The van der Waals surface area contributed by atoms with E-state index in [1.54, 1.807) is 19.2 Å². The zero-order valence-corrected chi connectivity index (χ0v) is 20.6. The van der Waals surface area contributed by atoms with E-state index in [0.29, 0.717) is 35.6 Å². The van der Waals surface area contributed by atoms with Crippen molar-refractivity contribution in [1.29, 1.82) is 0 Å². The first-order valence-corrected chi connectivity index (χ1v) is 12.7. The Morgan fingerprint density at radius 1 is 0.943 bits per heavy atom. The molecule has 2 unspecified atom stereocenters. The van der Waals surface area contributed by atoms with Gasteiger partial charge in [0.15, 0.2) is 0 Å². The molecule has 4 aliphatic carbocycles. The van der Waals surface area contributed by atoms with Crippen molar-refractivity contribution in [3.63, 3.8) is 0 Å². The van der Waals surface area contributed by atoms with Crippen LogP contribution in [0.5, 0.6) is 0 Å². The SMILES string of the molecule is COCCCNc1cccc(C(=O)NC23CC4CC(CC(NC(=O)c5cccc(C)n5)(C4)C2)C3)n1. The van der Waals surface area contributed by atoms with E-state index in [2.05, 4.69) is 25.9 Å². The Bertz CT molecular complexity index is 1090. The molecule has 2 aromatic heterocycles. The van der Waals surface area contributed by atoms with Crippen LogP contribution in [-0.4, -0.2) is 53.1 Å². The average Bonchev–Trinajstić information content (AvgIpc) is 2.80. The number of methoxy groups -OCH3 is 1. The van der Waals surface area contributed by atoms with Crippen LogP contribution >= 0.6 is 0 Å². The van der Waals surface area contributed by atoms with Crippen molar-refractivity contribution in [3.8, 4) is 0 Å². The zero-order chi connectivity index (χ0) is 24.5. The summed E-state index contributed by atoms with van der Waals surface area (Å²) in [4.78, 5) is 35.4. The lowest BCUT2D eigenvalue weighted by molar-refractivity contribution is -0.0449. The molecule has 8 heteroatoms. The second-order valence-corrected chi connectivity index (χ2v) is 10.8. The third-order valence-corrected chi connectivity index (χ3v) is 7.75. The van der Waals surface area contributed by atoms with Crippen LogP contribution in [0.25, 0.3) is 0 Å². The van der Waals surface area contributed by atoms with Crippen LogP contribution in [-0.2, 0) is 4.74 Å². The van der Waals surface area contributed by atoms with Crippen LogP contribution in [0, 0.1) is 18.8 Å². The first kappa shape index (κ1) is 23.7. The summed E-state index contributed by atoms with van der Waals surface area (Å²) >= 11 is 0. The van der Waals surface area contributed by atoms with Gasteiger partial charge in [-0.05, 0) is 88.0 Å². The van der Waals surface area contributed by atoms with Crippen molar-refractivity contribution >= 4 is 17.6 Å². The van der Waals surface area contributed by atoms with E-state index in [1.165, 1.54) is 6.42 Å². The van der Waals surface area contributed by atoms with Crippen LogP contribution in [0.1, 0.15) is 71.6 Å². The monoisotopic (exact) mass is 477 g/mol. The molecule has 6 rings (SSSR count). The van der Waals surface area contributed by atoms with Gasteiger partial charge in [-0.25, -0.2) is 9.97 Å². The normalized spacial score (nSPS) is 28.5. The topological polar surface area (TPSA) is 105 Å². The Hall–Kier alpha value is -3.00. The largest absolute Gasteiger partial charge is 0.385 e. The summed E-state index contributed by atoms with van der Waals surface area (Å²) < 4.78 is 5.08. The Morgan fingerprint density at radius 2 is 1.54 bits per heavy atom. The molecule has 0 spiro atoms. The number of aromatic nitrogens is 2. The maximum absolute atomic E-state index is 13.3. The summed E-state index contributed by atoms with van der Waals surface area (Å²) in [6.45, 7) is 3.30. The van der Waals surface area contributed by atoms with Crippen LogP contribution < -0.4 is 16.0 Å². The molecule has 2 amide bonds. The van der Waals surface area contributed by atoms with Crippen LogP contribution in [0.15, 0.2) is 36.4 Å². The number of hydrogen-bond donors (Lipinski definition) is 3. The third kappa shape index (κ3) is 5.17. The lowest BCUT2D eigenvalue weighted by Crippen LogP contribution is -2.70. The first-order valence-electron chi connectivity index (χ1n) is 12.7. The number of aryl methyl sites for hydroxylation is 1. The van der Waals surface area contributed by atoms with Crippen molar-refractivity contribution < 1.29 is 14.3 Å². The van der Waals surface area contributed by atoms with E-state index < -0.39 is 0 Å². The molecule has 8 nitrogen and oxygen atoms in total. The first-order chi connectivity index (χ1) is 16.9. The van der Waals surface area contributed by atoms with Gasteiger partial charge < -0.3 is 20.7 Å².